The molecule has 0 aliphatic carbocycles. The summed E-state index contributed by atoms with van der Waals surface area (Å²) in [6, 6.07) is 17.6. The Kier molecular flexibility index (Phi) is 11.5. The number of nitrogens with one attached hydrogen (secondary N) is 2. The first-order valence-corrected chi connectivity index (χ1v) is 21.8. The average molecular weight is 800 g/mol. The van der Waals surface area contributed by atoms with E-state index >= 15 is 4.79 Å². The first kappa shape index (κ1) is 39.8. The number of halogens is 3. The fraction of sp³-hybridized carbons (Fsp3) is 0.472. The first-order chi connectivity index (χ1) is 23.7. The molecule has 51 heavy (non-hydrogen) atoms. The molecule has 2 saturated heterocycles. The maximum Gasteiger partial charge on any atom is 0.262 e. The molecule has 1 unspecified atom stereocenters. The van der Waals surface area contributed by atoms with E-state index < -0.39 is 36.4 Å². The molecule has 0 aromatic heterocycles. The molecule has 1 amide bonds. The molecule has 5 rings (SSSR count). The number of ether oxygens (including phenoxy) is 1. The lowest BCUT2D eigenvalue weighted by atomic mass is 9.72. The highest BCUT2D eigenvalue weighted by Gasteiger charge is 2.65. The predicted octanol–water partition coefficient (Wildman–Crippen LogP) is 5.59. The highest BCUT2D eigenvalue weighted by Crippen LogP contribution is 2.52. The van der Waals surface area contributed by atoms with E-state index in [1.54, 1.807) is 29.2 Å². The molecule has 278 valence electrons. The van der Waals surface area contributed by atoms with Crippen LogP contribution in [0.2, 0.25) is 15.1 Å². The first-order valence-electron chi connectivity index (χ1n) is 16.7. The van der Waals surface area contributed by atoms with Gasteiger partial charge in [0.15, 0.2) is 15.5 Å². The Bertz CT molecular complexity index is 1930. The molecule has 2 aliphatic heterocycles. The third-order valence-corrected chi connectivity index (χ3v) is 13.0. The van der Waals surface area contributed by atoms with Crippen molar-refractivity contribution in [2.24, 2.45) is 0 Å². The van der Waals surface area contributed by atoms with Gasteiger partial charge in [0.2, 0.25) is 0 Å². The zero-order chi connectivity index (χ0) is 37.6. The van der Waals surface area contributed by atoms with Gasteiger partial charge in [0.25, 0.3) is 5.91 Å². The molecule has 0 radical (unpaired) electrons. The lowest BCUT2D eigenvalue weighted by Gasteiger charge is -2.41. The lowest BCUT2D eigenvalue weighted by molar-refractivity contribution is -0.142. The van der Waals surface area contributed by atoms with Gasteiger partial charge in [-0.25, -0.2) is 16.8 Å². The monoisotopic (exact) mass is 798 g/mol. The number of rotatable bonds is 11. The van der Waals surface area contributed by atoms with Gasteiger partial charge >= 0.3 is 0 Å². The van der Waals surface area contributed by atoms with Crippen LogP contribution in [0.3, 0.4) is 0 Å². The minimum absolute atomic E-state index is 0.0267. The van der Waals surface area contributed by atoms with Crippen molar-refractivity contribution in [3.05, 3.63) is 92.4 Å². The van der Waals surface area contributed by atoms with Crippen LogP contribution >= 0.6 is 34.8 Å². The number of benzene rings is 3. The standard InChI is InChI=1S/C36H45Cl3N4O6S2/c1-24(2)49-31-23-30(39)32(51(6,47)48)22-29(31)36(33(44)43-19-17-42(18-20-43)16-7-21-50(5,45)46)40-34(3,25-8-12-27(37)13-9-25)35(4,41-36)26-10-14-28(38)15-11-26/h8-15,22-24,40-41H,7,16-21H2,1-6H3/t34-,35+,36?. The lowest BCUT2D eigenvalue weighted by Crippen LogP contribution is -2.63. The Hall–Kier alpha value is -2.42. The van der Waals surface area contributed by atoms with E-state index in [2.05, 4.69) is 15.5 Å². The van der Waals surface area contributed by atoms with Crippen molar-refractivity contribution in [1.29, 1.82) is 0 Å². The van der Waals surface area contributed by atoms with Crippen molar-refractivity contribution in [3.63, 3.8) is 0 Å². The van der Waals surface area contributed by atoms with E-state index in [4.69, 9.17) is 39.5 Å². The van der Waals surface area contributed by atoms with Crippen LogP contribution in [-0.2, 0) is 41.2 Å². The molecule has 10 nitrogen and oxygen atoms in total. The second-order valence-corrected chi connectivity index (χ2v) is 19.6. The van der Waals surface area contributed by atoms with Crippen LogP contribution in [0.4, 0.5) is 0 Å². The van der Waals surface area contributed by atoms with E-state index in [-0.39, 0.29) is 39.0 Å². The summed E-state index contributed by atoms with van der Waals surface area (Å²) < 4.78 is 56.1. The molecule has 15 heteroatoms. The van der Waals surface area contributed by atoms with Crippen molar-refractivity contribution in [2.75, 3.05) is 51.0 Å². The molecule has 0 spiro atoms. The summed E-state index contributed by atoms with van der Waals surface area (Å²) in [5.74, 6) is -0.00595. The van der Waals surface area contributed by atoms with Crippen LogP contribution in [0.5, 0.6) is 5.75 Å². The van der Waals surface area contributed by atoms with Crippen LogP contribution in [0.15, 0.2) is 65.6 Å². The average Bonchev–Trinajstić information content (AvgIpc) is 3.29. The third-order valence-electron chi connectivity index (χ3n) is 9.89. The van der Waals surface area contributed by atoms with Gasteiger partial charge in [-0.2, -0.15) is 0 Å². The van der Waals surface area contributed by atoms with Crippen LogP contribution in [-0.4, -0.2) is 89.6 Å². The van der Waals surface area contributed by atoms with Crippen LogP contribution in [0.25, 0.3) is 0 Å². The van der Waals surface area contributed by atoms with Crippen LogP contribution in [0.1, 0.15) is 50.8 Å². The number of hydrogen-bond acceptors (Lipinski definition) is 9. The van der Waals surface area contributed by atoms with E-state index in [0.29, 0.717) is 49.2 Å². The fourth-order valence-electron chi connectivity index (χ4n) is 7.10. The maximum absolute atomic E-state index is 15.4. The molecule has 0 saturated carbocycles. The maximum atomic E-state index is 15.4. The number of nitrogens with zero attached hydrogens (tertiary/aromatic N) is 2. The zero-order valence-electron chi connectivity index (χ0n) is 29.6. The number of sulfone groups is 2. The second-order valence-electron chi connectivity index (χ2n) is 14.1. The van der Waals surface area contributed by atoms with Crippen molar-refractivity contribution in [3.8, 4) is 5.75 Å². The Morgan fingerprint density at radius 3 is 1.75 bits per heavy atom. The zero-order valence-corrected chi connectivity index (χ0v) is 33.5. The summed E-state index contributed by atoms with van der Waals surface area (Å²) in [6.45, 7) is 10.00. The van der Waals surface area contributed by atoms with E-state index in [0.717, 1.165) is 17.4 Å². The van der Waals surface area contributed by atoms with E-state index in [1.807, 2.05) is 52.0 Å². The van der Waals surface area contributed by atoms with Crippen molar-refractivity contribution in [2.45, 2.75) is 61.9 Å². The van der Waals surface area contributed by atoms with E-state index in [9.17, 15) is 16.8 Å². The highest BCUT2D eigenvalue weighted by molar-refractivity contribution is 7.91. The highest BCUT2D eigenvalue weighted by atomic mass is 35.5. The summed E-state index contributed by atoms with van der Waals surface area (Å²) in [7, 11) is -6.94. The third kappa shape index (κ3) is 8.23. The minimum Gasteiger partial charge on any atom is -0.491 e. The molecule has 2 fully saturated rings. The second kappa shape index (κ2) is 14.8. The molecule has 3 aromatic carbocycles. The molecule has 3 aromatic rings. The summed E-state index contributed by atoms with van der Waals surface area (Å²) in [4.78, 5) is 19.2. The molecule has 2 aliphatic rings. The predicted molar refractivity (Wildman–Crippen MR) is 203 cm³/mol. The summed E-state index contributed by atoms with van der Waals surface area (Å²) >= 11 is 19.3. The molecular weight excluding hydrogens is 755 g/mol. The number of amides is 1. The summed E-state index contributed by atoms with van der Waals surface area (Å²) in [6.07, 6.45) is 2.44. The number of piperazine rings is 1. The molecule has 3 atom stereocenters. The Morgan fingerprint density at radius 1 is 0.824 bits per heavy atom. The topological polar surface area (TPSA) is 125 Å². The van der Waals surface area contributed by atoms with Crippen LogP contribution < -0.4 is 15.4 Å². The van der Waals surface area contributed by atoms with Gasteiger partial charge in [-0.3, -0.25) is 20.3 Å². The van der Waals surface area contributed by atoms with Gasteiger partial charge in [-0.15, -0.1) is 0 Å². The summed E-state index contributed by atoms with van der Waals surface area (Å²) in [5, 5.41) is 8.52. The van der Waals surface area contributed by atoms with E-state index in [1.165, 1.54) is 18.4 Å². The van der Waals surface area contributed by atoms with Crippen LogP contribution in [0, 0.1) is 0 Å². The minimum atomic E-state index is -3.85. The number of carbonyl (C=O) groups excluding carboxylic acids is 1. The Balaban J connectivity index is 1.71. The van der Waals surface area contributed by atoms with Gasteiger partial charge in [-0.05, 0) is 82.1 Å². The van der Waals surface area contributed by atoms with Gasteiger partial charge in [0.1, 0.15) is 15.6 Å². The van der Waals surface area contributed by atoms with Gasteiger partial charge in [0.05, 0.1) is 32.9 Å². The normalized spacial score (nSPS) is 24.6. The van der Waals surface area contributed by atoms with Crippen molar-refractivity contribution in [1.82, 2.24) is 20.4 Å². The molecule has 0 bridgehead atoms. The largest absolute Gasteiger partial charge is 0.491 e. The smallest absolute Gasteiger partial charge is 0.262 e. The van der Waals surface area contributed by atoms with Gasteiger partial charge < -0.3 is 9.64 Å². The fourth-order valence-corrected chi connectivity index (χ4v) is 9.33. The van der Waals surface area contributed by atoms with Crippen molar-refractivity contribution < 1.29 is 26.4 Å². The Morgan fingerprint density at radius 2 is 1.31 bits per heavy atom. The molecule has 2 heterocycles. The molecular formula is C36H45Cl3N4O6S2. The Labute approximate surface area is 316 Å². The van der Waals surface area contributed by atoms with Crippen molar-refractivity contribution >= 4 is 60.4 Å². The van der Waals surface area contributed by atoms with Gasteiger partial charge in [-0.1, -0.05) is 59.1 Å². The van der Waals surface area contributed by atoms with Gasteiger partial charge in [0, 0.05) is 60.4 Å². The quantitative estimate of drug-likeness (QED) is 0.256. The summed E-state index contributed by atoms with van der Waals surface area (Å²) in [5.41, 5.74) is -1.94. The number of hydrogen-bond donors (Lipinski definition) is 2. The molecule has 2 N–H and O–H groups in total. The SMILES string of the molecule is CC(C)Oc1cc(Cl)c(S(C)(=O)=O)cc1C1(C(=O)N2CCN(CCCS(C)(=O)=O)CC2)N[C@@](C)(c2ccc(Cl)cc2)[C@@](C)(c2ccc(Cl)cc2)N1. The number of carbonyl (C=O) groups is 1.